The van der Waals surface area contributed by atoms with Crippen LogP contribution in [0.2, 0.25) is 0 Å². The van der Waals surface area contributed by atoms with E-state index in [1.807, 2.05) is 0 Å². The van der Waals surface area contributed by atoms with Gasteiger partial charge in [-0.15, -0.1) is 0 Å². The lowest BCUT2D eigenvalue weighted by molar-refractivity contribution is 0.192. The molecule has 0 spiro atoms. The van der Waals surface area contributed by atoms with E-state index in [0.717, 1.165) is 19.1 Å². The molecule has 3 nitrogen and oxygen atoms in total. The maximum absolute atomic E-state index is 5.53. The summed E-state index contributed by atoms with van der Waals surface area (Å²) < 4.78 is 0. The molecule has 0 aromatic carbocycles. The first-order chi connectivity index (χ1) is 6.15. The topological polar surface area (TPSA) is 32.5 Å². The predicted octanol–water partition coefficient (Wildman–Crippen LogP) is 0.360. The first-order valence-corrected chi connectivity index (χ1v) is 5.29. The van der Waals surface area contributed by atoms with Crippen molar-refractivity contribution in [1.82, 2.24) is 9.80 Å². The molecule has 2 N–H and O–H groups in total. The fourth-order valence-corrected chi connectivity index (χ4v) is 1.95. The SMILES string of the molecule is CC(C)N(C)[C@H]1CCN(CCN)C1. The van der Waals surface area contributed by atoms with Crippen LogP contribution >= 0.6 is 0 Å². The van der Waals surface area contributed by atoms with Crippen molar-refractivity contribution < 1.29 is 0 Å². The van der Waals surface area contributed by atoms with Crippen LogP contribution in [-0.4, -0.2) is 55.1 Å². The van der Waals surface area contributed by atoms with Gasteiger partial charge in [-0.2, -0.15) is 0 Å². The average Bonchev–Trinajstić information content (AvgIpc) is 2.52. The van der Waals surface area contributed by atoms with Gasteiger partial charge in [0.1, 0.15) is 0 Å². The minimum atomic E-state index is 0.655. The third-order valence-corrected chi connectivity index (χ3v) is 3.08. The maximum Gasteiger partial charge on any atom is 0.0235 e. The molecule has 78 valence electrons. The molecule has 1 heterocycles. The number of nitrogens with two attached hydrogens (primary N) is 1. The molecule has 0 amide bonds. The minimum Gasteiger partial charge on any atom is -0.329 e. The highest BCUT2D eigenvalue weighted by Gasteiger charge is 2.25. The van der Waals surface area contributed by atoms with Gasteiger partial charge in [-0.05, 0) is 33.9 Å². The molecule has 1 fully saturated rings. The number of likely N-dealkylation sites (tertiary alicyclic amines) is 1. The lowest BCUT2D eigenvalue weighted by Gasteiger charge is -2.28. The summed E-state index contributed by atoms with van der Waals surface area (Å²) in [4.78, 5) is 4.93. The summed E-state index contributed by atoms with van der Waals surface area (Å²) >= 11 is 0. The van der Waals surface area contributed by atoms with Gasteiger partial charge in [0, 0.05) is 31.7 Å². The molecule has 0 aromatic heterocycles. The molecule has 1 aliphatic heterocycles. The number of likely N-dealkylation sites (N-methyl/N-ethyl adjacent to an activating group) is 1. The zero-order valence-corrected chi connectivity index (χ0v) is 9.16. The van der Waals surface area contributed by atoms with E-state index in [9.17, 15) is 0 Å². The maximum atomic E-state index is 5.53. The van der Waals surface area contributed by atoms with Crippen molar-refractivity contribution in [1.29, 1.82) is 0 Å². The average molecular weight is 185 g/mol. The largest absolute Gasteiger partial charge is 0.329 e. The zero-order chi connectivity index (χ0) is 9.84. The van der Waals surface area contributed by atoms with Crippen molar-refractivity contribution in [2.24, 2.45) is 5.73 Å². The number of nitrogens with zero attached hydrogens (tertiary/aromatic N) is 2. The lowest BCUT2D eigenvalue weighted by atomic mass is 10.2. The summed E-state index contributed by atoms with van der Waals surface area (Å²) in [5, 5.41) is 0. The summed E-state index contributed by atoms with van der Waals surface area (Å²) in [6.45, 7) is 8.78. The minimum absolute atomic E-state index is 0.655. The van der Waals surface area contributed by atoms with Gasteiger partial charge in [0.05, 0.1) is 0 Å². The summed E-state index contributed by atoms with van der Waals surface area (Å²) in [7, 11) is 2.22. The van der Waals surface area contributed by atoms with E-state index < -0.39 is 0 Å². The van der Waals surface area contributed by atoms with Gasteiger partial charge in [0.15, 0.2) is 0 Å². The second-order valence-corrected chi connectivity index (χ2v) is 4.29. The van der Waals surface area contributed by atoms with Gasteiger partial charge in [0.25, 0.3) is 0 Å². The van der Waals surface area contributed by atoms with Crippen LogP contribution in [0.1, 0.15) is 20.3 Å². The zero-order valence-electron chi connectivity index (χ0n) is 9.16. The van der Waals surface area contributed by atoms with Gasteiger partial charge < -0.3 is 10.6 Å². The van der Waals surface area contributed by atoms with Crippen molar-refractivity contribution in [2.75, 3.05) is 33.2 Å². The van der Waals surface area contributed by atoms with Crippen LogP contribution in [0, 0.1) is 0 Å². The number of hydrogen-bond donors (Lipinski definition) is 1. The molecule has 1 saturated heterocycles. The Kier molecular flexibility index (Phi) is 4.16. The van der Waals surface area contributed by atoms with E-state index in [-0.39, 0.29) is 0 Å². The highest BCUT2D eigenvalue weighted by atomic mass is 15.2. The molecule has 0 bridgehead atoms. The van der Waals surface area contributed by atoms with Crippen LogP contribution < -0.4 is 5.73 Å². The lowest BCUT2D eigenvalue weighted by Crippen LogP contribution is -2.39. The molecule has 1 aliphatic rings. The second kappa shape index (κ2) is 4.94. The molecule has 1 rings (SSSR count). The van der Waals surface area contributed by atoms with Crippen LogP contribution in [0.3, 0.4) is 0 Å². The van der Waals surface area contributed by atoms with Crippen LogP contribution in [0.15, 0.2) is 0 Å². The molecule has 1 atom stereocenters. The summed E-state index contributed by atoms with van der Waals surface area (Å²) in [5.74, 6) is 0. The monoisotopic (exact) mass is 185 g/mol. The Morgan fingerprint density at radius 3 is 2.77 bits per heavy atom. The first-order valence-electron chi connectivity index (χ1n) is 5.29. The molecular formula is C10H23N3. The Bertz CT molecular complexity index is 147. The highest BCUT2D eigenvalue weighted by Crippen LogP contribution is 2.15. The summed E-state index contributed by atoms with van der Waals surface area (Å²) in [6.07, 6.45) is 1.30. The van der Waals surface area contributed by atoms with Gasteiger partial charge in [-0.3, -0.25) is 4.90 Å². The van der Waals surface area contributed by atoms with Crippen molar-refractivity contribution in [3.8, 4) is 0 Å². The van der Waals surface area contributed by atoms with Gasteiger partial charge in [-0.1, -0.05) is 0 Å². The van der Waals surface area contributed by atoms with E-state index >= 15 is 0 Å². The normalized spacial score (nSPS) is 24.9. The Morgan fingerprint density at radius 2 is 2.23 bits per heavy atom. The van der Waals surface area contributed by atoms with E-state index in [4.69, 9.17) is 5.73 Å². The Morgan fingerprint density at radius 1 is 1.54 bits per heavy atom. The molecule has 0 unspecified atom stereocenters. The van der Waals surface area contributed by atoms with Gasteiger partial charge in [-0.25, -0.2) is 0 Å². The van der Waals surface area contributed by atoms with Crippen molar-refractivity contribution in [3.63, 3.8) is 0 Å². The Labute approximate surface area is 81.9 Å². The van der Waals surface area contributed by atoms with E-state index in [0.29, 0.717) is 6.04 Å². The third kappa shape index (κ3) is 2.93. The molecule has 13 heavy (non-hydrogen) atoms. The smallest absolute Gasteiger partial charge is 0.0235 e. The first kappa shape index (κ1) is 11.0. The van der Waals surface area contributed by atoms with E-state index in [1.165, 1.54) is 19.5 Å². The number of rotatable bonds is 4. The summed E-state index contributed by atoms with van der Waals surface area (Å²) in [5.41, 5.74) is 5.53. The second-order valence-electron chi connectivity index (χ2n) is 4.29. The molecule has 0 saturated carbocycles. The standard InChI is InChI=1S/C10H23N3/c1-9(2)12(3)10-4-6-13(8-10)7-5-11/h9-10H,4-8,11H2,1-3H3/t10-/m0/s1. The number of hydrogen-bond acceptors (Lipinski definition) is 3. The van der Waals surface area contributed by atoms with E-state index in [2.05, 4.69) is 30.7 Å². The summed E-state index contributed by atoms with van der Waals surface area (Å²) in [6, 6.07) is 1.40. The van der Waals surface area contributed by atoms with Crippen LogP contribution in [-0.2, 0) is 0 Å². The molecule has 3 heteroatoms. The van der Waals surface area contributed by atoms with Crippen molar-refractivity contribution in [3.05, 3.63) is 0 Å². The Hall–Kier alpha value is -0.120. The molecule has 0 radical (unpaired) electrons. The molecule has 0 aliphatic carbocycles. The van der Waals surface area contributed by atoms with Gasteiger partial charge >= 0.3 is 0 Å². The van der Waals surface area contributed by atoms with Crippen LogP contribution in [0.4, 0.5) is 0 Å². The fraction of sp³-hybridized carbons (Fsp3) is 1.00. The molecular weight excluding hydrogens is 162 g/mol. The Balaban J connectivity index is 2.31. The fourth-order valence-electron chi connectivity index (χ4n) is 1.95. The van der Waals surface area contributed by atoms with Crippen molar-refractivity contribution >= 4 is 0 Å². The highest BCUT2D eigenvalue weighted by molar-refractivity contribution is 4.83. The predicted molar refractivity (Wildman–Crippen MR) is 56.8 cm³/mol. The van der Waals surface area contributed by atoms with E-state index in [1.54, 1.807) is 0 Å². The van der Waals surface area contributed by atoms with Gasteiger partial charge in [0.2, 0.25) is 0 Å². The third-order valence-electron chi connectivity index (χ3n) is 3.08. The van der Waals surface area contributed by atoms with Crippen molar-refractivity contribution in [2.45, 2.75) is 32.4 Å². The quantitative estimate of drug-likeness (QED) is 0.686. The van der Waals surface area contributed by atoms with Crippen LogP contribution in [0.5, 0.6) is 0 Å². The van der Waals surface area contributed by atoms with Crippen LogP contribution in [0.25, 0.3) is 0 Å². The molecule has 0 aromatic rings.